The van der Waals surface area contributed by atoms with Crippen LogP contribution in [0.4, 0.5) is 15.8 Å². The number of carbonyl (C=O) groups is 1. The molecule has 0 saturated carbocycles. The first-order valence-electron chi connectivity index (χ1n) is 11.2. The van der Waals surface area contributed by atoms with Crippen LogP contribution in [0.25, 0.3) is 21.6 Å². The number of nitrogens with zero attached hydrogens (tertiary/aromatic N) is 4. The summed E-state index contributed by atoms with van der Waals surface area (Å²) in [6, 6.07) is 10.8. The molecule has 0 aliphatic carbocycles. The number of nitrogens with one attached hydrogen (secondary N) is 1. The van der Waals surface area contributed by atoms with Gasteiger partial charge in [0.2, 0.25) is 0 Å². The van der Waals surface area contributed by atoms with E-state index in [1.54, 1.807) is 29.7 Å². The van der Waals surface area contributed by atoms with Gasteiger partial charge in [-0.15, -0.1) is 11.3 Å². The van der Waals surface area contributed by atoms with E-state index in [1.165, 1.54) is 6.07 Å². The maximum atomic E-state index is 14.9. The van der Waals surface area contributed by atoms with Crippen molar-refractivity contribution in [1.29, 1.82) is 0 Å². The lowest BCUT2D eigenvalue weighted by molar-refractivity contribution is 0.102. The lowest BCUT2D eigenvalue weighted by atomic mass is 10.1. The van der Waals surface area contributed by atoms with Gasteiger partial charge in [-0.3, -0.25) is 4.79 Å². The Morgan fingerprint density at radius 1 is 1.18 bits per heavy atom. The number of fused-ring (bicyclic) bond motifs is 1. The van der Waals surface area contributed by atoms with Crippen LogP contribution in [0.2, 0.25) is 0 Å². The molecule has 0 unspecified atom stereocenters. The molecule has 6 nitrogen and oxygen atoms in total. The second-order valence-electron chi connectivity index (χ2n) is 8.67. The largest absolute Gasteiger partial charge is 0.370 e. The van der Waals surface area contributed by atoms with Gasteiger partial charge in [0.15, 0.2) is 5.65 Å². The number of pyridine rings is 1. The van der Waals surface area contributed by atoms with Gasteiger partial charge < -0.3 is 10.2 Å². The first kappa shape index (κ1) is 21.6. The molecule has 1 aliphatic heterocycles. The zero-order chi connectivity index (χ0) is 23.1. The first-order chi connectivity index (χ1) is 15.9. The van der Waals surface area contributed by atoms with Crippen molar-refractivity contribution in [2.24, 2.45) is 0 Å². The SMILES string of the molecule is Cc1ccc(-c2cc(C(=O)Nc3c(F)cccc3N3CCCC3)c3cnn(C(C)C)c3n2)s1. The number of hydrogen-bond acceptors (Lipinski definition) is 5. The Morgan fingerprint density at radius 3 is 2.67 bits per heavy atom. The van der Waals surface area contributed by atoms with Crippen LogP contribution in [0.3, 0.4) is 0 Å². The van der Waals surface area contributed by atoms with Crippen LogP contribution in [-0.2, 0) is 0 Å². The Bertz CT molecular complexity index is 1340. The molecule has 0 atom stereocenters. The van der Waals surface area contributed by atoms with Gasteiger partial charge in [0.1, 0.15) is 11.5 Å². The molecule has 8 heteroatoms. The molecule has 0 spiro atoms. The van der Waals surface area contributed by atoms with E-state index >= 15 is 0 Å². The molecular formula is C25H26FN5OS. The zero-order valence-corrected chi connectivity index (χ0v) is 19.7. The number of rotatable bonds is 5. The van der Waals surface area contributed by atoms with Gasteiger partial charge in [-0.2, -0.15) is 5.10 Å². The highest BCUT2D eigenvalue weighted by Crippen LogP contribution is 2.34. The van der Waals surface area contributed by atoms with Gasteiger partial charge in [-0.1, -0.05) is 6.07 Å². The third-order valence-corrected chi connectivity index (χ3v) is 6.99. The van der Waals surface area contributed by atoms with Crippen LogP contribution >= 0.6 is 11.3 Å². The number of anilines is 2. The van der Waals surface area contributed by atoms with Crippen LogP contribution in [0.15, 0.2) is 42.6 Å². The Hall–Kier alpha value is -3.26. The average molecular weight is 464 g/mol. The fourth-order valence-corrected chi connectivity index (χ4v) is 5.15. The van der Waals surface area contributed by atoms with E-state index < -0.39 is 5.82 Å². The second-order valence-corrected chi connectivity index (χ2v) is 9.96. The number of para-hydroxylation sites is 1. The smallest absolute Gasteiger partial charge is 0.256 e. The monoisotopic (exact) mass is 463 g/mol. The summed E-state index contributed by atoms with van der Waals surface area (Å²) in [7, 11) is 0. The van der Waals surface area contributed by atoms with Crippen molar-refractivity contribution in [3.05, 3.63) is 58.9 Å². The van der Waals surface area contributed by atoms with E-state index in [-0.39, 0.29) is 17.6 Å². The lowest BCUT2D eigenvalue weighted by Crippen LogP contribution is -2.22. The van der Waals surface area contributed by atoms with E-state index in [2.05, 4.69) is 15.3 Å². The highest BCUT2D eigenvalue weighted by molar-refractivity contribution is 7.15. The highest BCUT2D eigenvalue weighted by Gasteiger charge is 2.23. The summed E-state index contributed by atoms with van der Waals surface area (Å²) in [5.74, 6) is -0.809. The Kier molecular flexibility index (Phi) is 5.62. The highest BCUT2D eigenvalue weighted by atomic mass is 32.1. The van der Waals surface area contributed by atoms with Crippen molar-refractivity contribution in [2.45, 2.75) is 39.7 Å². The third-order valence-electron chi connectivity index (χ3n) is 5.97. The van der Waals surface area contributed by atoms with Crippen molar-refractivity contribution < 1.29 is 9.18 Å². The van der Waals surface area contributed by atoms with E-state index in [9.17, 15) is 9.18 Å². The van der Waals surface area contributed by atoms with Crippen LogP contribution in [0, 0.1) is 12.7 Å². The summed E-state index contributed by atoms with van der Waals surface area (Å²) >= 11 is 1.62. The summed E-state index contributed by atoms with van der Waals surface area (Å²) in [5.41, 5.74) is 2.73. The number of thiophene rings is 1. The fraction of sp³-hybridized carbons (Fsp3) is 0.320. The zero-order valence-electron chi connectivity index (χ0n) is 18.9. The third kappa shape index (κ3) is 3.99. The maximum Gasteiger partial charge on any atom is 0.256 e. The molecule has 5 rings (SSSR count). The molecule has 3 aromatic heterocycles. The molecule has 1 aliphatic rings. The molecule has 4 aromatic rings. The molecule has 33 heavy (non-hydrogen) atoms. The Labute approximate surface area is 196 Å². The van der Waals surface area contributed by atoms with Gasteiger partial charge in [0.05, 0.1) is 33.4 Å². The quantitative estimate of drug-likeness (QED) is 0.392. The maximum absolute atomic E-state index is 14.9. The minimum atomic E-state index is -0.440. The first-order valence-corrected chi connectivity index (χ1v) is 12.0. The topological polar surface area (TPSA) is 63.1 Å². The lowest BCUT2D eigenvalue weighted by Gasteiger charge is -2.22. The molecule has 1 saturated heterocycles. The Morgan fingerprint density at radius 2 is 1.97 bits per heavy atom. The van der Waals surface area contributed by atoms with Gasteiger partial charge in [-0.05, 0) is 63.9 Å². The minimum absolute atomic E-state index is 0.0829. The van der Waals surface area contributed by atoms with Gasteiger partial charge >= 0.3 is 0 Å². The van der Waals surface area contributed by atoms with Gasteiger partial charge in [-0.25, -0.2) is 14.1 Å². The predicted octanol–water partition coefficient (Wildman–Crippen LogP) is 6.04. The van der Waals surface area contributed by atoms with Gasteiger partial charge in [0, 0.05) is 24.0 Å². The summed E-state index contributed by atoms with van der Waals surface area (Å²) in [4.78, 5) is 22.7. The van der Waals surface area contributed by atoms with Crippen LogP contribution in [-0.4, -0.2) is 33.8 Å². The van der Waals surface area contributed by atoms with Crippen LogP contribution in [0.1, 0.15) is 48.0 Å². The number of benzene rings is 1. The molecule has 0 radical (unpaired) electrons. The summed E-state index contributed by atoms with van der Waals surface area (Å²) < 4.78 is 16.7. The summed E-state index contributed by atoms with van der Waals surface area (Å²) in [5, 5.41) is 8.00. The molecule has 1 aromatic carbocycles. The predicted molar refractivity (Wildman–Crippen MR) is 132 cm³/mol. The molecule has 170 valence electrons. The van der Waals surface area contributed by atoms with Crippen molar-refractivity contribution >= 4 is 39.7 Å². The molecule has 1 N–H and O–H groups in total. The van der Waals surface area contributed by atoms with Crippen molar-refractivity contribution in [3.8, 4) is 10.6 Å². The fourth-order valence-electron chi connectivity index (χ4n) is 4.32. The molecule has 4 heterocycles. The normalized spacial score (nSPS) is 13.9. The number of carbonyl (C=O) groups excluding carboxylic acids is 1. The van der Waals surface area contributed by atoms with Crippen molar-refractivity contribution in [1.82, 2.24) is 14.8 Å². The van der Waals surface area contributed by atoms with Crippen LogP contribution in [0.5, 0.6) is 0 Å². The molecule has 1 fully saturated rings. The van der Waals surface area contributed by atoms with Crippen molar-refractivity contribution in [2.75, 3.05) is 23.3 Å². The molecule has 1 amide bonds. The summed E-state index contributed by atoms with van der Waals surface area (Å²) in [6.45, 7) is 7.80. The second kappa shape index (κ2) is 8.59. The van der Waals surface area contributed by atoms with Gasteiger partial charge in [0.25, 0.3) is 5.91 Å². The Balaban J connectivity index is 1.61. The molecular weight excluding hydrogens is 437 g/mol. The van der Waals surface area contributed by atoms with E-state index in [0.717, 1.165) is 41.4 Å². The van der Waals surface area contributed by atoms with Crippen LogP contribution < -0.4 is 10.2 Å². The van der Waals surface area contributed by atoms with E-state index in [1.807, 2.05) is 43.7 Å². The number of aromatic nitrogens is 3. The average Bonchev–Trinajstić information content (AvgIpc) is 3.54. The minimum Gasteiger partial charge on any atom is -0.370 e. The van der Waals surface area contributed by atoms with E-state index in [4.69, 9.17) is 4.98 Å². The number of hydrogen-bond donors (Lipinski definition) is 1. The van der Waals surface area contributed by atoms with Crippen molar-refractivity contribution in [3.63, 3.8) is 0 Å². The van der Waals surface area contributed by atoms with E-state index in [0.29, 0.717) is 22.3 Å². The molecule has 0 bridgehead atoms. The number of amides is 1. The number of halogens is 1. The summed E-state index contributed by atoms with van der Waals surface area (Å²) in [6.07, 6.45) is 3.79. The standard InChI is InChI=1S/C25H26FN5OS/c1-15(2)31-24-18(14-27-31)17(13-20(28-24)22-10-9-16(3)33-22)25(32)29-23-19(26)7-6-8-21(23)30-11-4-5-12-30/h6-10,13-15H,4-5,11-12H2,1-3H3,(H,29,32). The number of aryl methyl sites for hydroxylation is 1.